The molecule has 1 fully saturated rings. The molecule has 2 aliphatic rings. The first-order valence-electron chi connectivity index (χ1n) is 11.2. The van der Waals surface area contributed by atoms with E-state index in [1.54, 1.807) is 9.80 Å². The van der Waals surface area contributed by atoms with Gasteiger partial charge in [0.15, 0.2) is 11.5 Å². The van der Waals surface area contributed by atoms with Crippen molar-refractivity contribution in [1.29, 1.82) is 0 Å². The van der Waals surface area contributed by atoms with Crippen molar-refractivity contribution in [3.8, 4) is 0 Å². The third kappa shape index (κ3) is 4.19. The minimum atomic E-state index is -1.13. The molecule has 5 rings (SSSR count). The van der Waals surface area contributed by atoms with E-state index in [0.717, 1.165) is 21.7 Å². The summed E-state index contributed by atoms with van der Waals surface area (Å²) in [5.41, 5.74) is 2.71. The van der Waals surface area contributed by atoms with Crippen molar-refractivity contribution < 1.29 is 19.1 Å². The van der Waals surface area contributed by atoms with Crippen molar-refractivity contribution >= 4 is 35.2 Å². The molecule has 1 saturated heterocycles. The lowest BCUT2D eigenvalue weighted by Crippen LogP contribution is -2.48. The highest BCUT2D eigenvalue weighted by Crippen LogP contribution is 2.56. The minimum Gasteiger partial charge on any atom is -0.453 e. The lowest BCUT2D eigenvalue weighted by atomic mass is 10.1. The maximum Gasteiger partial charge on any atom is 0.344 e. The summed E-state index contributed by atoms with van der Waals surface area (Å²) in [6, 6.07) is 26.9. The SMILES string of the molecule is O=C(COC(=O)C12CCC(=O)N1c1ccccc1S2)N(Cc1ccccc1)Cc1ccccc1. The van der Waals surface area contributed by atoms with Crippen molar-refractivity contribution in [2.45, 2.75) is 35.7 Å². The van der Waals surface area contributed by atoms with Gasteiger partial charge in [0.25, 0.3) is 5.91 Å². The minimum absolute atomic E-state index is 0.101. The first kappa shape index (κ1) is 22.2. The van der Waals surface area contributed by atoms with E-state index in [2.05, 4.69) is 0 Å². The van der Waals surface area contributed by atoms with Crippen molar-refractivity contribution in [2.75, 3.05) is 11.5 Å². The van der Waals surface area contributed by atoms with E-state index < -0.39 is 10.8 Å². The number of ether oxygens (including phenoxy) is 1. The Balaban J connectivity index is 1.31. The van der Waals surface area contributed by atoms with Crippen LogP contribution in [0.5, 0.6) is 0 Å². The Bertz CT molecular complexity index is 1180. The topological polar surface area (TPSA) is 66.9 Å². The zero-order valence-corrected chi connectivity index (χ0v) is 19.4. The highest BCUT2D eigenvalue weighted by molar-refractivity contribution is 8.02. The second kappa shape index (κ2) is 9.35. The molecule has 2 amide bonds. The second-order valence-corrected chi connectivity index (χ2v) is 9.70. The number of carbonyl (C=O) groups excluding carboxylic acids is 3. The summed E-state index contributed by atoms with van der Waals surface area (Å²) in [5.74, 6) is -0.934. The molecule has 2 heterocycles. The Morgan fingerprint density at radius 2 is 1.47 bits per heavy atom. The average molecular weight is 473 g/mol. The molecule has 0 N–H and O–H groups in total. The maximum atomic E-state index is 13.3. The fourth-order valence-corrected chi connectivity index (χ4v) is 5.86. The monoisotopic (exact) mass is 472 g/mol. The molecule has 34 heavy (non-hydrogen) atoms. The number of anilines is 1. The van der Waals surface area contributed by atoms with Gasteiger partial charge in [0, 0.05) is 30.8 Å². The molecule has 0 saturated carbocycles. The zero-order chi connectivity index (χ0) is 23.5. The highest BCUT2D eigenvalue weighted by Gasteiger charge is 2.58. The highest BCUT2D eigenvalue weighted by atomic mass is 32.2. The van der Waals surface area contributed by atoms with Crippen LogP contribution in [0.3, 0.4) is 0 Å². The molecule has 0 bridgehead atoms. The number of fused-ring (bicyclic) bond motifs is 3. The Hall–Kier alpha value is -3.58. The summed E-state index contributed by atoms with van der Waals surface area (Å²) in [5, 5.41) is 0. The first-order chi connectivity index (χ1) is 16.6. The summed E-state index contributed by atoms with van der Waals surface area (Å²) in [6.07, 6.45) is 0.633. The van der Waals surface area contributed by atoms with Gasteiger partial charge >= 0.3 is 5.97 Å². The van der Waals surface area contributed by atoms with Crippen LogP contribution in [-0.4, -0.2) is 34.2 Å². The van der Waals surface area contributed by atoms with Gasteiger partial charge in [-0.25, -0.2) is 4.79 Å². The van der Waals surface area contributed by atoms with Crippen LogP contribution in [0.1, 0.15) is 24.0 Å². The molecular formula is C27H24N2O4S. The van der Waals surface area contributed by atoms with E-state index in [1.807, 2.05) is 84.9 Å². The summed E-state index contributed by atoms with van der Waals surface area (Å²) < 4.78 is 5.58. The standard InChI is InChI=1S/C27H24N2O4S/c30-24-15-16-27(29(24)22-13-7-8-14-23(22)34-27)26(32)33-19-25(31)28(17-20-9-3-1-4-10-20)18-21-11-5-2-6-12-21/h1-14H,15-19H2. The molecule has 1 unspecified atom stereocenters. The van der Waals surface area contributed by atoms with Crippen molar-refractivity contribution in [1.82, 2.24) is 4.90 Å². The predicted molar refractivity (Wildman–Crippen MR) is 130 cm³/mol. The molecule has 7 heteroatoms. The van der Waals surface area contributed by atoms with E-state index in [1.165, 1.54) is 11.8 Å². The van der Waals surface area contributed by atoms with Gasteiger partial charge in [0.05, 0.1) is 5.69 Å². The van der Waals surface area contributed by atoms with Crippen molar-refractivity contribution in [3.05, 3.63) is 96.1 Å². The molecule has 0 aromatic heterocycles. The van der Waals surface area contributed by atoms with Crippen LogP contribution in [0.2, 0.25) is 0 Å². The number of amides is 2. The summed E-state index contributed by atoms with van der Waals surface area (Å²) in [6.45, 7) is 0.434. The van der Waals surface area contributed by atoms with Crippen LogP contribution in [0, 0.1) is 0 Å². The number of thioether (sulfide) groups is 1. The third-order valence-electron chi connectivity index (χ3n) is 6.10. The number of hydrogen-bond donors (Lipinski definition) is 0. The number of para-hydroxylation sites is 1. The molecule has 6 nitrogen and oxygen atoms in total. The predicted octanol–water partition coefficient (Wildman–Crippen LogP) is 4.39. The van der Waals surface area contributed by atoms with Crippen molar-refractivity contribution in [3.63, 3.8) is 0 Å². The Kier molecular flexibility index (Phi) is 6.11. The van der Waals surface area contributed by atoms with Gasteiger partial charge in [-0.2, -0.15) is 0 Å². The molecule has 3 aromatic rings. The van der Waals surface area contributed by atoms with Crippen LogP contribution < -0.4 is 4.90 Å². The zero-order valence-electron chi connectivity index (χ0n) is 18.6. The van der Waals surface area contributed by atoms with Gasteiger partial charge in [0.2, 0.25) is 5.91 Å². The van der Waals surface area contributed by atoms with Gasteiger partial charge in [-0.05, 0) is 23.3 Å². The molecule has 2 aliphatic heterocycles. The van der Waals surface area contributed by atoms with Crippen LogP contribution in [0.15, 0.2) is 89.8 Å². The van der Waals surface area contributed by atoms with Gasteiger partial charge in [0.1, 0.15) is 0 Å². The average Bonchev–Trinajstić information content (AvgIpc) is 3.38. The molecule has 0 spiro atoms. The molecular weight excluding hydrogens is 448 g/mol. The number of carbonyl (C=O) groups is 3. The smallest absolute Gasteiger partial charge is 0.344 e. The van der Waals surface area contributed by atoms with E-state index >= 15 is 0 Å². The van der Waals surface area contributed by atoms with Gasteiger partial charge in [-0.3, -0.25) is 14.5 Å². The van der Waals surface area contributed by atoms with Crippen LogP contribution in [0.4, 0.5) is 5.69 Å². The third-order valence-corrected chi connectivity index (χ3v) is 7.56. The van der Waals surface area contributed by atoms with Crippen molar-refractivity contribution in [2.24, 2.45) is 0 Å². The maximum absolute atomic E-state index is 13.3. The van der Waals surface area contributed by atoms with E-state index in [9.17, 15) is 14.4 Å². The van der Waals surface area contributed by atoms with Crippen LogP contribution >= 0.6 is 11.8 Å². The van der Waals surface area contributed by atoms with E-state index in [-0.39, 0.29) is 24.8 Å². The van der Waals surface area contributed by atoms with Crippen LogP contribution in [-0.2, 0) is 32.2 Å². The Morgan fingerprint density at radius 3 is 2.12 bits per heavy atom. The fraction of sp³-hybridized carbons (Fsp3) is 0.222. The first-order valence-corrected chi connectivity index (χ1v) is 12.0. The number of esters is 1. The molecule has 0 aliphatic carbocycles. The molecule has 172 valence electrons. The largest absolute Gasteiger partial charge is 0.453 e. The summed E-state index contributed by atoms with van der Waals surface area (Å²) >= 11 is 1.34. The molecule has 0 radical (unpaired) electrons. The van der Waals surface area contributed by atoms with E-state index in [4.69, 9.17) is 4.74 Å². The second-order valence-electron chi connectivity index (χ2n) is 8.38. The lowest BCUT2D eigenvalue weighted by molar-refractivity contribution is -0.154. The van der Waals surface area contributed by atoms with E-state index in [0.29, 0.717) is 19.5 Å². The Labute approximate surface area is 202 Å². The fourth-order valence-electron chi connectivity index (χ4n) is 4.44. The number of rotatable bonds is 7. The van der Waals surface area contributed by atoms with Gasteiger partial charge < -0.3 is 9.64 Å². The number of benzene rings is 3. The number of hydrogen-bond acceptors (Lipinski definition) is 5. The van der Waals surface area contributed by atoms with Crippen LogP contribution in [0.25, 0.3) is 0 Å². The van der Waals surface area contributed by atoms with Gasteiger partial charge in [-0.1, -0.05) is 84.6 Å². The Morgan fingerprint density at radius 1 is 0.882 bits per heavy atom. The number of nitrogens with zero attached hydrogens (tertiary/aromatic N) is 2. The molecule has 3 aromatic carbocycles. The summed E-state index contributed by atoms with van der Waals surface area (Å²) in [7, 11) is 0. The lowest BCUT2D eigenvalue weighted by Gasteiger charge is -2.29. The summed E-state index contributed by atoms with van der Waals surface area (Å²) in [4.78, 5) is 42.1. The molecule has 1 atom stereocenters. The quantitative estimate of drug-likeness (QED) is 0.477. The normalized spacial score (nSPS) is 18.4. The van der Waals surface area contributed by atoms with Gasteiger partial charge in [-0.15, -0.1) is 0 Å².